The SMILES string of the molecule is O=C(c1ccccc1Br)N(Cc1ccccc1Cl)c1ccccn1. The van der Waals surface area contributed by atoms with Crippen LogP contribution in [0.25, 0.3) is 0 Å². The molecule has 0 atom stereocenters. The van der Waals surface area contributed by atoms with Crippen LogP contribution in [0.5, 0.6) is 0 Å². The number of halogens is 2. The topological polar surface area (TPSA) is 33.2 Å². The Balaban J connectivity index is 2.01. The van der Waals surface area contributed by atoms with Crippen molar-refractivity contribution in [3.8, 4) is 0 Å². The minimum absolute atomic E-state index is 0.138. The summed E-state index contributed by atoms with van der Waals surface area (Å²) in [5.74, 6) is 0.444. The predicted octanol–water partition coefficient (Wildman–Crippen LogP) is 5.34. The molecular formula is C19H14BrClN2O. The third-order valence-corrected chi connectivity index (χ3v) is 4.62. The van der Waals surface area contributed by atoms with Gasteiger partial charge in [0.1, 0.15) is 5.82 Å². The van der Waals surface area contributed by atoms with E-state index in [1.165, 1.54) is 0 Å². The molecule has 0 saturated heterocycles. The lowest BCUT2D eigenvalue weighted by Gasteiger charge is -2.23. The Kier molecular flexibility index (Phi) is 5.28. The number of rotatable bonds is 4. The number of amides is 1. The molecule has 3 aromatic rings. The van der Waals surface area contributed by atoms with Crippen molar-refractivity contribution in [2.24, 2.45) is 0 Å². The molecule has 0 bridgehead atoms. The zero-order valence-electron chi connectivity index (χ0n) is 12.7. The molecule has 2 aromatic carbocycles. The first kappa shape index (κ1) is 16.7. The first-order valence-electron chi connectivity index (χ1n) is 7.37. The Bertz CT molecular complexity index is 855. The van der Waals surface area contributed by atoms with E-state index in [1.807, 2.05) is 60.7 Å². The fraction of sp³-hybridized carbons (Fsp3) is 0.0526. The van der Waals surface area contributed by atoms with E-state index in [1.54, 1.807) is 17.2 Å². The maximum Gasteiger partial charge on any atom is 0.260 e. The molecule has 1 aromatic heterocycles. The zero-order valence-corrected chi connectivity index (χ0v) is 15.0. The minimum atomic E-state index is -0.138. The van der Waals surface area contributed by atoms with Gasteiger partial charge in [0.15, 0.2) is 0 Å². The van der Waals surface area contributed by atoms with Gasteiger partial charge in [-0.3, -0.25) is 9.69 Å². The van der Waals surface area contributed by atoms with Gasteiger partial charge in [-0.1, -0.05) is 48.0 Å². The Morgan fingerprint density at radius 1 is 1.00 bits per heavy atom. The van der Waals surface area contributed by atoms with Crippen LogP contribution in [-0.2, 0) is 6.54 Å². The molecule has 3 nitrogen and oxygen atoms in total. The fourth-order valence-electron chi connectivity index (χ4n) is 2.35. The number of aromatic nitrogens is 1. The van der Waals surface area contributed by atoms with Crippen LogP contribution in [0.3, 0.4) is 0 Å². The molecule has 24 heavy (non-hydrogen) atoms. The average molecular weight is 402 g/mol. The Morgan fingerprint density at radius 3 is 2.42 bits per heavy atom. The summed E-state index contributed by atoms with van der Waals surface area (Å²) < 4.78 is 0.745. The van der Waals surface area contributed by atoms with Crippen molar-refractivity contribution in [3.63, 3.8) is 0 Å². The highest BCUT2D eigenvalue weighted by molar-refractivity contribution is 9.10. The summed E-state index contributed by atoms with van der Waals surface area (Å²) >= 11 is 9.71. The van der Waals surface area contributed by atoms with Gasteiger partial charge in [0.2, 0.25) is 0 Å². The van der Waals surface area contributed by atoms with E-state index in [0.29, 0.717) is 22.9 Å². The summed E-state index contributed by atoms with van der Waals surface area (Å²) in [5, 5.41) is 0.623. The van der Waals surface area contributed by atoms with E-state index in [0.717, 1.165) is 10.0 Å². The third kappa shape index (κ3) is 3.66. The maximum atomic E-state index is 13.1. The average Bonchev–Trinajstić information content (AvgIpc) is 2.62. The number of anilines is 1. The van der Waals surface area contributed by atoms with Crippen molar-refractivity contribution < 1.29 is 4.79 Å². The van der Waals surface area contributed by atoms with E-state index in [4.69, 9.17) is 11.6 Å². The van der Waals surface area contributed by atoms with Crippen molar-refractivity contribution in [2.45, 2.75) is 6.54 Å². The lowest BCUT2D eigenvalue weighted by Crippen LogP contribution is -2.31. The Labute approximate surface area is 154 Å². The molecule has 120 valence electrons. The van der Waals surface area contributed by atoms with Crippen LogP contribution in [0.2, 0.25) is 5.02 Å². The normalized spacial score (nSPS) is 10.4. The number of hydrogen-bond donors (Lipinski definition) is 0. The summed E-state index contributed by atoms with van der Waals surface area (Å²) in [6.45, 7) is 0.344. The van der Waals surface area contributed by atoms with Gasteiger partial charge in [-0.25, -0.2) is 4.98 Å². The first-order chi connectivity index (χ1) is 11.7. The van der Waals surface area contributed by atoms with Crippen molar-refractivity contribution in [1.82, 2.24) is 4.98 Å². The highest BCUT2D eigenvalue weighted by Crippen LogP contribution is 2.24. The van der Waals surface area contributed by atoms with E-state index in [9.17, 15) is 4.79 Å². The molecule has 0 aliphatic rings. The molecule has 0 aliphatic carbocycles. The summed E-state index contributed by atoms with van der Waals surface area (Å²) in [5.41, 5.74) is 1.44. The van der Waals surface area contributed by atoms with Crippen LogP contribution >= 0.6 is 27.5 Å². The molecule has 0 radical (unpaired) electrons. The number of hydrogen-bond acceptors (Lipinski definition) is 2. The van der Waals surface area contributed by atoms with Crippen LogP contribution in [0.1, 0.15) is 15.9 Å². The monoisotopic (exact) mass is 400 g/mol. The van der Waals surface area contributed by atoms with Crippen LogP contribution in [0.15, 0.2) is 77.4 Å². The highest BCUT2D eigenvalue weighted by atomic mass is 79.9. The third-order valence-electron chi connectivity index (χ3n) is 3.56. The standard InChI is InChI=1S/C19H14BrClN2O/c20-16-9-3-2-8-15(16)19(24)23(18-11-5-6-12-22-18)13-14-7-1-4-10-17(14)21/h1-12H,13H2. The van der Waals surface area contributed by atoms with Crippen LogP contribution < -0.4 is 4.90 Å². The smallest absolute Gasteiger partial charge is 0.260 e. The summed E-state index contributed by atoms with van der Waals surface area (Å²) in [4.78, 5) is 19.0. The van der Waals surface area contributed by atoms with Crippen molar-refractivity contribution >= 4 is 39.3 Å². The quantitative estimate of drug-likeness (QED) is 0.591. The number of nitrogens with zero attached hydrogens (tertiary/aromatic N) is 2. The van der Waals surface area contributed by atoms with Crippen molar-refractivity contribution in [1.29, 1.82) is 0 Å². The molecule has 0 N–H and O–H groups in total. The first-order valence-corrected chi connectivity index (χ1v) is 8.55. The van der Waals surface area contributed by atoms with Crippen molar-refractivity contribution in [2.75, 3.05) is 4.90 Å². The molecule has 0 unspecified atom stereocenters. The molecule has 0 fully saturated rings. The van der Waals surface area contributed by atoms with E-state index in [2.05, 4.69) is 20.9 Å². The summed E-state index contributed by atoms with van der Waals surface area (Å²) in [7, 11) is 0. The minimum Gasteiger partial charge on any atom is -0.288 e. The molecule has 1 heterocycles. The molecule has 5 heteroatoms. The van der Waals surface area contributed by atoms with Gasteiger partial charge in [0.05, 0.1) is 12.1 Å². The van der Waals surface area contributed by atoms with Gasteiger partial charge < -0.3 is 0 Å². The van der Waals surface area contributed by atoms with E-state index >= 15 is 0 Å². The van der Waals surface area contributed by atoms with Gasteiger partial charge in [0.25, 0.3) is 5.91 Å². The van der Waals surface area contributed by atoms with Gasteiger partial charge >= 0.3 is 0 Å². The molecule has 0 spiro atoms. The molecule has 0 aliphatic heterocycles. The van der Waals surface area contributed by atoms with Gasteiger partial charge in [-0.2, -0.15) is 0 Å². The van der Waals surface area contributed by atoms with Crippen molar-refractivity contribution in [3.05, 3.63) is 93.5 Å². The van der Waals surface area contributed by atoms with E-state index < -0.39 is 0 Å². The number of carbonyl (C=O) groups is 1. The summed E-state index contributed by atoms with van der Waals surface area (Å²) in [6, 6.07) is 20.3. The lowest BCUT2D eigenvalue weighted by molar-refractivity contribution is 0.0983. The second-order valence-electron chi connectivity index (χ2n) is 5.15. The Morgan fingerprint density at radius 2 is 1.71 bits per heavy atom. The number of carbonyl (C=O) groups excluding carboxylic acids is 1. The highest BCUT2D eigenvalue weighted by Gasteiger charge is 2.21. The van der Waals surface area contributed by atoms with Crippen LogP contribution in [-0.4, -0.2) is 10.9 Å². The molecular weight excluding hydrogens is 388 g/mol. The number of benzene rings is 2. The fourth-order valence-corrected chi connectivity index (χ4v) is 3.00. The largest absolute Gasteiger partial charge is 0.288 e. The molecule has 1 amide bonds. The second kappa shape index (κ2) is 7.60. The number of pyridine rings is 1. The molecule has 0 saturated carbocycles. The molecule has 3 rings (SSSR count). The van der Waals surface area contributed by atoms with Crippen LogP contribution in [0, 0.1) is 0 Å². The maximum absolute atomic E-state index is 13.1. The predicted molar refractivity (Wildman–Crippen MR) is 100 cm³/mol. The van der Waals surface area contributed by atoms with Crippen LogP contribution in [0.4, 0.5) is 5.82 Å². The zero-order chi connectivity index (χ0) is 16.9. The van der Waals surface area contributed by atoms with Gasteiger partial charge in [0, 0.05) is 15.7 Å². The lowest BCUT2D eigenvalue weighted by atomic mass is 10.1. The summed E-state index contributed by atoms with van der Waals surface area (Å²) in [6.07, 6.45) is 1.67. The van der Waals surface area contributed by atoms with E-state index in [-0.39, 0.29) is 5.91 Å². The van der Waals surface area contributed by atoms with Gasteiger partial charge in [-0.05, 0) is 51.8 Å². The Hall–Kier alpha value is -2.17. The second-order valence-corrected chi connectivity index (χ2v) is 6.41. The van der Waals surface area contributed by atoms with Gasteiger partial charge in [-0.15, -0.1) is 0 Å².